The molecule has 4 nitrogen and oxygen atoms in total. The fourth-order valence-corrected chi connectivity index (χ4v) is 11.9. The normalized spacial score (nSPS) is 12.6. The van der Waals surface area contributed by atoms with Crippen molar-refractivity contribution < 1.29 is 0 Å². The number of rotatable bonds is 5. The van der Waals surface area contributed by atoms with Crippen molar-refractivity contribution in [1.29, 1.82) is 0 Å². The highest BCUT2D eigenvalue weighted by Crippen LogP contribution is 2.43. The number of nitrogens with zero attached hydrogens (tertiary/aromatic N) is 4. The zero-order valence-electron chi connectivity index (χ0n) is 41.6. The Morgan fingerprint density at radius 3 is 0.694 bits per heavy atom. The van der Waals surface area contributed by atoms with E-state index in [0.29, 0.717) is 0 Å². The Balaban J connectivity index is 1.13. The molecule has 0 N–H and O–H groups in total. The lowest BCUT2D eigenvalue weighted by Gasteiger charge is -2.21. The SMILES string of the molecule is CC(C)(C)c1ccc2c3ccccc3n(-c3cc(-c4cc(-n5c6ccccc6c6ccccc65)cc(-n5c6ccccc6c6ccc(C(C)(C)C)cc65)c4)cc(-n4c5ccccc5c5ccccc54)c3)c2c1. The van der Waals surface area contributed by atoms with Gasteiger partial charge in [-0.05, 0) is 118 Å². The summed E-state index contributed by atoms with van der Waals surface area (Å²) >= 11 is 0. The van der Waals surface area contributed by atoms with E-state index in [1.807, 2.05) is 0 Å². The van der Waals surface area contributed by atoms with Crippen molar-refractivity contribution >= 4 is 87.2 Å². The second kappa shape index (κ2) is 15.4. The Hall–Kier alpha value is -8.60. The van der Waals surface area contributed by atoms with E-state index in [1.165, 1.54) is 98.4 Å². The molecule has 4 aromatic heterocycles. The third-order valence-electron chi connectivity index (χ3n) is 15.4. The predicted octanol–water partition coefficient (Wildman–Crippen LogP) is 18.3. The first-order valence-electron chi connectivity index (χ1n) is 25.3. The van der Waals surface area contributed by atoms with Gasteiger partial charge in [0.2, 0.25) is 0 Å². The summed E-state index contributed by atoms with van der Waals surface area (Å²) < 4.78 is 9.98. The lowest BCUT2D eigenvalue weighted by Crippen LogP contribution is -2.11. The molecule has 0 unspecified atom stereocenters. The number of para-hydroxylation sites is 6. The minimum atomic E-state index is -0.0322. The predicted molar refractivity (Wildman–Crippen MR) is 307 cm³/mol. The second-order valence-electron chi connectivity index (χ2n) is 21.9. The Kier molecular flexibility index (Phi) is 9.07. The Labute approximate surface area is 419 Å². The van der Waals surface area contributed by atoms with E-state index in [0.717, 1.165) is 33.9 Å². The molecular formula is C68H54N4. The van der Waals surface area contributed by atoms with Crippen LogP contribution in [0.4, 0.5) is 0 Å². The van der Waals surface area contributed by atoms with Crippen LogP contribution in [0.5, 0.6) is 0 Å². The molecule has 0 saturated carbocycles. The molecule has 0 radical (unpaired) electrons. The van der Waals surface area contributed by atoms with Gasteiger partial charge in [-0.2, -0.15) is 0 Å². The van der Waals surface area contributed by atoms with Gasteiger partial charge >= 0.3 is 0 Å². The minimum Gasteiger partial charge on any atom is -0.309 e. The first-order valence-corrected chi connectivity index (χ1v) is 25.3. The number of hydrogen-bond donors (Lipinski definition) is 0. The van der Waals surface area contributed by atoms with E-state index in [2.05, 4.69) is 278 Å². The Morgan fingerprint density at radius 2 is 0.444 bits per heavy atom. The van der Waals surface area contributed by atoms with Gasteiger partial charge < -0.3 is 18.3 Å². The summed E-state index contributed by atoms with van der Waals surface area (Å²) in [6.07, 6.45) is 0. The molecule has 4 heterocycles. The van der Waals surface area contributed by atoms with E-state index >= 15 is 0 Å². The molecule has 10 aromatic carbocycles. The molecule has 4 heteroatoms. The number of hydrogen-bond acceptors (Lipinski definition) is 0. The fraction of sp³-hybridized carbons (Fsp3) is 0.118. The van der Waals surface area contributed by atoms with Gasteiger partial charge in [-0.15, -0.1) is 0 Å². The lowest BCUT2D eigenvalue weighted by molar-refractivity contribution is 0.590. The van der Waals surface area contributed by atoms with E-state index in [-0.39, 0.29) is 10.8 Å². The van der Waals surface area contributed by atoms with Gasteiger partial charge in [0.05, 0.1) is 44.1 Å². The molecule has 14 aromatic rings. The summed E-state index contributed by atoms with van der Waals surface area (Å²) in [6.45, 7) is 13.9. The quantitative estimate of drug-likeness (QED) is 0.164. The van der Waals surface area contributed by atoms with Crippen molar-refractivity contribution in [2.75, 3.05) is 0 Å². The van der Waals surface area contributed by atoms with Crippen molar-refractivity contribution in [2.45, 2.75) is 52.4 Å². The molecule has 72 heavy (non-hydrogen) atoms. The van der Waals surface area contributed by atoms with Crippen molar-refractivity contribution in [3.05, 3.63) is 230 Å². The van der Waals surface area contributed by atoms with Crippen LogP contribution in [0.15, 0.2) is 218 Å². The fourth-order valence-electron chi connectivity index (χ4n) is 11.9. The molecule has 0 aliphatic carbocycles. The Morgan fingerprint density at radius 1 is 0.222 bits per heavy atom. The van der Waals surface area contributed by atoms with Crippen LogP contribution in [0.3, 0.4) is 0 Å². The van der Waals surface area contributed by atoms with Gasteiger partial charge in [0, 0.05) is 65.8 Å². The summed E-state index contributed by atoms with van der Waals surface area (Å²) in [6, 6.07) is 82.0. The number of fused-ring (bicyclic) bond motifs is 12. The molecule has 0 bridgehead atoms. The van der Waals surface area contributed by atoms with Gasteiger partial charge in [-0.25, -0.2) is 0 Å². The standard InChI is InChI=1S/C68H54N4/c1-67(2,3)45-31-33-57-55-23-11-17-29-63(55)71(65(57)39-45)49-37-43(35-47(41-49)69-59-25-13-7-19-51(59)52-20-8-14-26-60(52)69)44-36-48(70-61-27-15-9-21-53(61)54-22-10-16-28-62(54)70)42-50(38-44)72-64-30-18-12-24-56(64)58-34-32-46(40-66(58)72)68(4,5)6/h7-42H,1-6H3. The number of aromatic nitrogens is 4. The summed E-state index contributed by atoms with van der Waals surface area (Å²) in [5, 5.41) is 9.94. The van der Waals surface area contributed by atoms with Crippen LogP contribution in [-0.2, 0) is 10.8 Å². The molecular weight excluding hydrogens is 873 g/mol. The highest BCUT2D eigenvalue weighted by molar-refractivity contribution is 6.13. The molecule has 0 fully saturated rings. The number of benzene rings is 10. The maximum atomic E-state index is 2.51. The van der Waals surface area contributed by atoms with Crippen LogP contribution in [0.1, 0.15) is 52.7 Å². The first kappa shape index (κ1) is 42.3. The second-order valence-corrected chi connectivity index (χ2v) is 21.9. The third-order valence-corrected chi connectivity index (χ3v) is 15.4. The smallest absolute Gasteiger partial charge is 0.0544 e. The third kappa shape index (κ3) is 6.38. The molecule has 0 amide bonds. The average molecular weight is 927 g/mol. The minimum absolute atomic E-state index is 0.0322. The van der Waals surface area contributed by atoms with Crippen LogP contribution < -0.4 is 0 Å². The summed E-state index contributed by atoms with van der Waals surface area (Å²) in [4.78, 5) is 0. The largest absolute Gasteiger partial charge is 0.309 e. The van der Waals surface area contributed by atoms with Gasteiger partial charge in [0.1, 0.15) is 0 Å². The lowest BCUT2D eigenvalue weighted by atomic mass is 9.86. The summed E-state index contributed by atoms with van der Waals surface area (Å²) in [5.41, 5.74) is 18.7. The van der Waals surface area contributed by atoms with Crippen LogP contribution >= 0.6 is 0 Å². The molecule has 0 atom stereocenters. The molecule has 0 spiro atoms. The monoisotopic (exact) mass is 926 g/mol. The highest BCUT2D eigenvalue weighted by atomic mass is 15.0. The van der Waals surface area contributed by atoms with Crippen molar-refractivity contribution in [3.63, 3.8) is 0 Å². The van der Waals surface area contributed by atoms with E-state index in [1.54, 1.807) is 0 Å². The molecule has 0 aliphatic heterocycles. The summed E-state index contributed by atoms with van der Waals surface area (Å²) in [5.74, 6) is 0. The average Bonchev–Trinajstić information content (AvgIpc) is 4.13. The van der Waals surface area contributed by atoms with Crippen LogP contribution in [0.2, 0.25) is 0 Å². The van der Waals surface area contributed by atoms with Crippen LogP contribution in [0.25, 0.3) is 121 Å². The Bertz CT molecular complexity index is 4130. The first-order chi connectivity index (χ1) is 35.0. The zero-order chi connectivity index (χ0) is 48.6. The van der Waals surface area contributed by atoms with Gasteiger partial charge in [0.15, 0.2) is 0 Å². The van der Waals surface area contributed by atoms with E-state index in [4.69, 9.17) is 0 Å². The molecule has 14 rings (SSSR count). The highest BCUT2D eigenvalue weighted by Gasteiger charge is 2.23. The van der Waals surface area contributed by atoms with E-state index < -0.39 is 0 Å². The zero-order valence-corrected chi connectivity index (χ0v) is 41.6. The molecule has 0 aliphatic rings. The van der Waals surface area contributed by atoms with E-state index in [9.17, 15) is 0 Å². The maximum Gasteiger partial charge on any atom is 0.0544 e. The van der Waals surface area contributed by atoms with Gasteiger partial charge in [0.25, 0.3) is 0 Å². The van der Waals surface area contributed by atoms with Gasteiger partial charge in [-0.1, -0.05) is 175 Å². The van der Waals surface area contributed by atoms with Gasteiger partial charge in [-0.3, -0.25) is 0 Å². The topological polar surface area (TPSA) is 19.7 Å². The summed E-state index contributed by atoms with van der Waals surface area (Å²) in [7, 11) is 0. The van der Waals surface area contributed by atoms with Crippen molar-refractivity contribution in [2.24, 2.45) is 0 Å². The maximum absolute atomic E-state index is 2.51. The van der Waals surface area contributed by atoms with Crippen molar-refractivity contribution in [1.82, 2.24) is 18.3 Å². The van der Waals surface area contributed by atoms with Crippen LogP contribution in [0, 0.1) is 0 Å². The molecule has 346 valence electrons. The van der Waals surface area contributed by atoms with Crippen molar-refractivity contribution in [3.8, 4) is 33.9 Å². The molecule has 0 saturated heterocycles. The van der Waals surface area contributed by atoms with Crippen LogP contribution in [-0.4, -0.2) is 18.3 Å².